The molecular weight excluding hydrogens is 627 g/mol. The van der Waals surface area contributed by atoms with Gasteiger partial charge in [0.05, 0.1) is 11.8 Å². The van der Waals surface area contributed by atoms with Crippen LogP contribution in [-0.2, 0) is 14.3 Å². The number of aliphatic carboxylic acids is 1. The van der Waals surface area contributed by atoms with Crippen LogP contribution in [0.25, 0.3) is 0 Å². The number of esters is 1. The predicted molar refractivity (Wildman–Crippen MR) is 198 cm³/mol. The van der Waals surface area contributed by atoms with E-state index in [0.29, 0.717) is 29.6 Å². The van der Waals surface area contributed by atoms with Crippen molar-refractivity contribution in [1.82, 2.24) is 0 Å². The van der Waals surface area contributed by atoms with Gasteiger partial charge < -0.3 is 9.84 Å². The van der Waals surface area contributed by atoms with Gasteiger partial charge in [0.15, 0.2) is 0 Å². The first kappa shape index (κ1) is 36.6. The normalized spacial score (nSPS) is 40.8. The monoisotopic (exact) mass is 687 g/mol. The fourth-order valence-corrected chi connectivity index (χ4v) is 13.5. The lowest BCUT2D eigenvalue weighted by molar-refractivity contribution is -0.247. The topological polar surface area (TPSA) is 89.6 Å². The Hall–Kier alpha value is -2.23. The molecule has 5 nitrogen and oxygen atoms in total. The molecule has 0 aliphatic heterocycles. The Morgan fingerprint density at radius 1 is 0.959 bits per heavy atom. The van der Waals surface area contributed by atoms with Crippen LogP contribution in [-0.4, -0.2) is 23.1 Å². The lowest BCUT2D eigenvalue weighted by Crippen LogP contribution is -2.66. The standard InChI is InChI=1S/C43H61NO4S/c1-27(2)29-17-23-43(22-16-28-12-10-11-13-31(28)49-44)25-24-41(8)30(36(29)43)14-15-33-40(7)20-19-34(48-35(45)26-38(3,4)37(46)47)39(5,6)32(40)18-21-42(33,41)9/h10-13,29-30,32-34,36H,1,14-15,17-21,23-26,44H2,2-9H3,(H,46,47)/t29?,30?,32?,33?,34-,36?,40-,41+,42+,43?/m0/s1. The minimum atomic E-state index is -1.13. The number of fused-ring (bicyclic) bond motifs is 7. The Kier molecular flexibility index (Phi) is 9.30. The van der Waals surface area contributed by atoms with Crippen LogP contribution < -0.4 is 5.14 Å². The molecule has 6 heteroatoms. The summed E-state index contributed by atoms with van der Waals surface area (Å²) in [4.78, 5) is 25.8. The predicted octanol–water partition coefficient (Wildman–Crippen LogP) is 10.1. The van der Waals surface area contributed by atoms with Gasteiger partial charge in [-0.05, 0) is 155 Å². The Morgan fingerprint density at radius 3 is 2.35 bits per heavy atom. The molecule has 49 heavy (non-hydrogen) atoms. The van der Waals surface area contributed by atoms with Crippen molar-refractivity contribution in [3.8, 4) is 11.8 Å². The zero-order valence-electron chi connectivity index (χ0n) is 31.4. The molecule has 0 saturated heterocycles. The van der Waals surface area contributed by atoms with Gasteiger partial charge in [0, 0.05) is 21.3 Å². The van der Waals surface area contributed by atoms with Gasteiger partial charge in [-0.3, -0.25) is 14.7 Å². The summed E-state index contributed by atoms with van der Waals surface area (Å²) in [7, 11) is 0. The van der Waals surface area contributed by atoms with Crippen LogP contribution in [0.4, 0.5) is 0 Å². The largest absolute Gasteiger partial charge is 0.481 e. The third kappa shape index (κ3) is 5.63. The molecule has 10 atom stereocenters. The van der Waals surface area contributed by atoms with Crippen LogP contribution in [0.3, 0.4) is 0 Å². The molecule has 1 aromatic rings. The highest BCUT2D eigenvalue weighted by Crippen LogP contribution is 2.77. The first-order valence-electron chi connectivity index (χ1n) is 18.9. The zero-order valence-corrected chi connectivity index (χ0v) is 32.2. The second-order valence-corrected chi connectivity index (χ2v) is 19.6. The average molecular weight is 688 g/mol. The van der Waals surface area contributed by atoms with Gasteiger partial charge in [0.2, 0.25) is 0 Å². The third-order valence-corrected chi connectivity index (χ3v) is 16.5. The van der Waals surface area contributed by atoms with Gasteiger partial charge in [-0.25, -0.2) is 0 Å². The number of hydrogen-bond acceptors (Lipinski definition) is 5. The summed E-state index contributed by atoms with van der Waals surface area (Å²) in [6.45, 7) is 22.6. The van der Waals surface area contributed by atoms with E-state index >= 15 is 0 Å². The summed E-state index contributed by atoms with van der Waals surface area (Å²) >= 11 is 1.29. The number of carbonyl (C=O) groups is 2. The van der Waals surface area contributed by atoms with E-state index in [1.165, 1.54) is 49.6 Å². The highest BCUT2D eigenvalue weighted by atomic mass is 32.2. The number of carbonyl (C=O) groups excluding carboxylic acids is 1. The maximum absolute atomic E-state index is 13.1. The van der Waals surface area contributed by atoms with E-state index in [-0.39, 0.29) is 45.6 Å². The van der Waals surface area contributed by atoms with Gasteiger partial charge in [0.1, 0.15) is 6.10 Å². The summed E-state index contributed by atoms with van der Waals surface area (Å²) < 4.78 is 6.18. The molecule has 1 aromatic carbocycles. The van der Waals surface area contributed by atoms with Crippen LogP contribution in [0.2, 0.25) is 0 Å². The molecule has 5 aliphatic carbocycles. The average Bonchev–Trinajstić information content (AvgIpc) is 3.42. The minimum Gasteiger partial charge on any atom is -0.481 e. The van der Waals surface area contributed by atoms with E-state index in [2.05, 4.69) is 78.2 Å². The number of carboxylic acid groups (broad SMARTS) is 1. The second kappa shape index (κ2) is 12.5. The fraction of sp³-hybridized carbons (Fsp3) is 0.721. The first-order chi connectivity index (χ1) is 22.9. The lowest BCUT2D eigenvalue weighted by atomic mass is 9.32. The minimum absolute atomic E-state index is 0.0175. The van der Waals surface area contributed by atoms with Crippen LogP contribution in [0.5, 0.6) is 0 Å². The molecule has 0 amide bonds. The van der Waals surface area contributed by atoms with E-state index in [1.807, 2.05) is 6.07 Å². The molecule has 5 saturated carbocycles. The van der Waals surface area contributed by atoms with Gasteiger partial charge in [-0.1, -0.05) is 70.7 Å². The summed E-state index contributed by atoms with van der Waals surface area (Å²) in [5.74, 6) is 9.01. The molecule has 6 rings (SSSR count). The van der Waals surface area contributed by atoms with E-state index in [4.69, 9.17) is 9.88 Å². The molecule has 3 N–H and O–H groups in total. The smallest absolute Gasteiger partial charge is 0.309 e. The number of hydrogen-bond donors (Lipinski definition) is 2. The maximum Gasteiger partial charge on any atom is 0.309 e. The summed E-state index contributed by atoms with van der Waals surface area (Å²) in [5, 5.41) is 15.6. The summed E-state index contributed by atoms with van der Waals surface area (Å²) in [6.07, 6.45) is 11.1. The zero-order chi connectivity index (χ0) is 35.8. The van der Waals surface area contributed by atoms with Crippen LogP contribution in [0.1, 0.15) is 132 Å². The van der Waals surface area contributed by atoms with Crippen molar-refractivity contribution >= 4 is 23.9 Å². The molecule has 5 fully saturated rings. The molecule has 5 aliphatic rings. The lowest BCUT2D eigenvalue weighted by Gasteiger charge is -2.72. The molecule has 0 bridgehead atoms. The molecular formula is C43H61NO4S. The van der Waals surface area contributed by atoms with Gasteiger partial charge in [-0.2, -0.15) is 0 Å². The molecule has 0 spiro atoms. The first-order valence-corrected chi connectivity index (χ1v) is 19.8. The Bertz CT molecular complexity index is 1570. The van der Waals surface area contributed by atoms with Crippen LogP contribution in [0.15, 0.2) is 41.3 Å². The van der Waals surface area contributed by atoms with Gasteiger partial charge >= 0.3 is 11.9 Å². The van der Waals surface area contributed by atoms with E-state index in [0.717, 1.165) is 42.6 Å². The third-order valence-electron chi connectivity index (χ3n) is 15.9. The van der Waals surface area contributed by atoms with Crippen molar-refractivity contribution in [2.75, 3.05) is 0 Å². The Labute approximate surface area is 300 Å². The molecule has 0 radical (unpaired) electrons. The van der Waals surface area contributed by atoms with Crippen LogP contribution in [0, 0.1) is 73.9 Å². The highest BCUT2D eigenvalue weighted by molar-refractivity contribution is 7.97. The molecule has 268 valence electrons. The highest BCUT2D eigenvalue weighted by Gasteiger charge is 2.71. The number of rotatable bonds is 6. The van der Waals surface area contributed by atoms with Gasteiger partial charge in [0.25, 0.3) is 0 Å². The Morgan fingerprint density at radius 2 is 1.67 bits per heavy atom. The maximum atomic E-state index is 13.1. The molecule has 0 heterocycles. The molecule has 6 unspecified atom stereocenters. The van der Waals surface area contributed by atoms with Crippen molar-refractivity contribution in [2.45, 2.75) is 137 Å². The number of carboxylic acids is 1. The second-order valence-electron chi connectivity index (χ2n) is 18.9. The van der Waals surface area contributed by atoms with Gasteiger partial charge in [-0.15, -0.1) is 0 Å². The van der Waals surface area contributed by atoms with E-state index < -0.39 is 11.4 Å². The van der Waals surface area contributed by atoms with E-state index in [1.54, 1.807) is 13.8 Å². The van der Waals surface area contributed by atoms with Crippen molar-refractivity contribution < 1.29 is 19.4 Å². The van der Waals surface area contributed by atoms with Crippen molar-refractivity contribution in [3.05, 3.63) is 42.0 Å². The SMILES string of the molecule is C=C(C)C1CCC2(C#Cc3ccccc3SN)CC[C@]3(C)C(CCC4[C@@]5(C)CC[C@H](OC(=O)CC(C)(C)C(=O)O)C(C)(C)C5CC[C@]43C)C12. The number of ether oxygens (including phenoxy) is 1. The van der Waals surface area contributed by atoms with Crippen LogP contribution >= 0.6 is 11.9 Å². The fourth-order valence-electron chi connectivity index (χ4n) is 13.1. The summed E-state index contributed by atoms with van der Waals surface area (Å²) in [6, 6.07) is 8.30. The number of allylic oxidation sites excluding steroid dienone is 1. The van der Waals surface area contributed by atoms with E-state index in [9.17, 15) is 14.7 Å². The van der Waals surface area contributed by atoms with Crippen molar-refractivity contribution in [2.24, 2.45) is 67.2 Å². The number of benzene rings is 1. The van der Waals surface area contributed by atoms with Crippen molar-refractivity contribution in [1.29, 1.82) is 0 Å². The quantitative estimate of drug-likeness (QED) is 0.134. The van der Waals surface area contributed by atoms with Crippen molar-refractivity contribution in [3.63, 3.8) is 0 Å². The summed E-state index contributed by atoms with van der Waals surface area (Å²) in [5.41, 5.74) is 1.69. The Balaban J connectivity index is 1.29. The molecule has 0 aromatic heterocycles. The number of nitrogens with two attached hydrogens (primary N) is 1.